The number of aryl methyl sites for hydroxylation is 1. The van der Waals surface area contributed by atoms with Crippen molar-refractivity contribution < 1.29 is 18.7 Å². The van der Waals surface area contributed by atoms with Gasteiger partial charge in [-0.25, -0.2) is 4.39 Å². The Morgan fingerprint density at radius 1 is 1.20 bits per heavy atom. The normalized spacial score (nSPS) is 16.8. The van der Waals surface area contributed by atoms with E-state index in [1.165, 1.54) is 12.1 Å². The lowest BCUT2D eigenvalue weighted by Crippen LogP contribution is -2.36. The third kappa shape index (κ3) is 2.37. The molecule has 0 saturated heterocycles. The molecule has 0 amide bonds. The standard InChI is InChI=1S/C16H13FO3/c1-10-6-11(8-12(17)7-10)16(18)15-9-19-13-4-2-3-5-14(13)20-15/h2-8,15H,9H2,1H3. The van der Waals surface area contributed by atoms with Gasteiger partial charge in [-0.2, -0.15) is 0 Å². The summed E-state index contributed by atoms with van der Waals surface area (Å²) >= 11 is 0. The van der Waals surface area contributed by atoms with Gasteiger partial charge in [0.05, 0.1) is 0 Å². The van der Waals surface area contributed by atoms with E-state index in [0.717, 1.165) is 0 Å². The smallest absolute Gasteiger partial charge is 0.206 e. The van der Waals surface area contributed by atoms with Gasteiger partial charge in [-0.15, -0.1) is 0 Å². The van der Waals surface area contributed by atoms with Crippen molar-refractivity contribution >= 4 is 5.78 Å². The molecule has 0 saturated carbocycles. The van der Waals surface area contributed by atoms with Crippen molar-refractivity contribution in [2.75, 3.05) is 6.61 Å². The number of ether oxygens (including phenoxy) is 2. The van der Waals surface area contributed by atoms with Gasteiger partial charge in [-0.3, -0.25) is 4.79 Å². The second-order valence-corrected chi connectivity index (χ2v) is 4.75. The first kappa shape index (κ1) is 12.7. The van der Waals surface area contributed by atoms with Crippen molar-refractivity contribution in [3.63, 3.8) is 0 Å². The van der Waals surface area contributed by atoms with Crippen LogP contribution in [0.1, 0.15) is 15.9 Å². The highest BCUT2D eigenvalue weighted by Gasteiger charge is 2.28. The van der Waals surface area contributed by atoms with Gasteiger partial charge in [0.1, 0.15) is 12.4 Å². The van der Waals surface area contributed by atoms with Gasteiger partial charge in [0, 0.05) is 5.56 Å². The Hall–Kier alpha value is -2.36. The molecule has 1 heterocycles. The number of benzene rings is 2. The number of rotatable bonds is 2. The Morgan fingerprint density at radius 3 is 2.70 bits per heavy atom. The molecule has 1 unspecified atom stereocenters. The highest BCUT2D eigenvalue weighted by Crippen LogP contribution is 2.31. The molecular formula is C16H13FO3. The van der Waals surface area contributed by atoms with E-state index in [9.17, 15) is 9.18 Å². The molecule has 0 spiro atoms. The zero-order valence-corrected chi connectivity index (χ0v) is 10.9. The van der Waals surface area contributed by atoms with Gasteiger partial charge in [0.25, 0.3) is 0 Å². The van der Waals surface area contributed by atoms with Gasteiger partial charge < -0.3 is 9.47 Å². The molecule has 20 heavy (non-hydrogen) atoms. The lowest BCUT2D eigenvalue weighted by molar-refractivity contribution is 0.0585. The average Bonchev–Trinajstić information content (AvgIpc) is 2.45. The van der Waals surface area contributed by atoms with E-state index >= 15 is 0 Å². The van der Waals surface area contributed by atoms with Crippen molar-refractivity contribution in [1.82, 2.24) is 0 Å². The highest BCUT2D eigenvalue weighted by atomic mass is 19.1. The molecule has 102 valence electrons. The minimum atomic E-state index is -0.744. The van der Waals surface area contributed by atoms with E-state index in [4.69, 9.17) is 9.47 Å². The predicted octanol–water partition coefficient (Wildman–Crippen LogP) is 3.16. The van der Waals surface area contributed by atoms with Crippen molar-refractivity contribution in [2.24, 2.45) is 0 Å². The molecule has 0 radical (unpaired) electrons. The van der Waals surface area contributed by atoms with E-state index < -0.39 is 11.9 Å². The molecule has 0 bridgehead atoms. The first-order chi connectivity index (χ1) is 9.63. The summed E-state index contributed by atoms with van der Waals surface area (Å²) in [5.74, 6) is 0.449. The van der Waals surface area contributed by atoms with Crippen LogP contribution in [0.4, 0.5) is 4.39 Å². The van der Waals surface area contributed by atoms with Crippen LogP contribution >= 0.6 is 0 Å². The van der Waals surface area contributed by atoms with Crippen molar-refractivity contribution in [2.45, 2.75) is 13.0 Å². The molecule has 3 nitrogen and oxygen atoms in total. The van der Waals surface area contributed by atoms with Crippen LogP contribution in [-0.2, 0) is 0 Å². The molecule has 2 aromatic rings. The van der Waals surface area contributed by atoms with Gasteiger partial charge in [0.2, 0.25) is 5.78 Å². The molecular weight excluding hydrogens is 259 g/mol. The topological polar surface area (TPSA) is 35.5 Å². The monoisotopic (exact) mass is 272 g/mol. The Kier molecular flexibility index (Phi) is 3.14. The maximum Gasteiger partial charge on any atom is 0.206 e. The number of para-hydroxylation sites is 2. The van der Waals surface area contributed by atoms with Crippen LogP contribution in [0.5, 0.6) is 11.5 Å². The maximum absolute atomic E-state index is 13.4. The molecule has 0 aliphatic carbocycles. The predicted molar refractivity (Wildman–Crippen MR) is 71.8 cm³/mol. The number of carbonyl (C=O) groups excluding carboxylic acids is 1. The minimum absolute atomic E-state index is 0.130. The zero-order valence-electron chi connectivity index (χ0n) is 10.9. The van der Waals surface area contributed by atoms with Gasteiger partial charge in [-0.05, 0) is 42.8 Å². The third-order valence-electron chi connectivity index (χ3n) is 3.13. The quantitative estimate of drug-likeness (QED) is 0.788. The molecule has 1 atom stereocenters. The summed E-state index contributed by atoms with van der Waals surface area (Å²) < 4.78 is 24.5. The van der Waals surface area contributed by atoms with E-state index in [1.54, 1.807) is 31.2 Å². The molecule has 2 aromatic carbocycles. The molecule has 0 aromatic heterocycles. The van der Waals surface area contributed by atoms with E-state index in [-0.39, 0.29) is 12.4 Å². The molecule has 3 rings (SSSR count). The Bertz CT molecular complexity index is 646. The third-order valence-corrected chi connectivity index (χ3v) is 3.13. The molecule has 0 fully saturated rings. The van der Waals surface area contributed by atoms with Crippen LogP contribution in [0.2, 0.25) is 0 Å². The first-order valence-electron chi connectivity index (χ1n) is 6.33. The number of halogens is 1. The van der Waals surface area contributed by atoms with Crippen LogP contribution in [0, 0.1) is 12.7 Å². The largest absolute Gasteiger partial charge is 0.485 e. The summed E-state index contributed by atoms with van der Waals surface area (Å²) in [6.45, 7) is 1.87. The van der Waals surface area contributed by atoms with E-state index in [1.807, 2.05) is 6.07 Å². The first-order valence-corrected chi connectivity index (χ1v) is 6.33. The van der Waals surface area contributed by atoms with Crippen LogP contribution in [0.3, 0.4) is 0 Å². The summed E-state index contributed by atoms with van der Waals surface area (Å²) in [5, 5.41) is 0. The summed E-state index contributed by atoms with van der Waals surface area (Å²) in [5.41, 5.74) is 1.00. The molecule has 1 aliphatic rings. The summed E-state index contributed by atoms with van der Waals surface area (Å²) in [7, 11) is 0. The van der Waals surface area contributed by atoms with Crippen LogP contribution < -0.4 is 9.47 Å². The van der Waals surface area contributed by atoms with Crippen LogP contribution in [0.25, 0.3) is 0 Å². The highest BCUT2D eigenvalue weighted by molar-refractivity contribution is 6.00. The van der Waals surface area contributed by atoms with E-state index in [2.05, 4.69) is 0 Å². The van der Waals surface area contributed by atoms with Crippen molar-refractivity contribution in [1.29, 1.82) is 0 Å². The number of fused-ring (bicyclic) bond motifs is 1. The molecule has 1 aliphatic heterocycles. The van der Waals surface area contributed by atoms with Gasteiger partial charge >= 0.3 is 0 Å². The van der Waals surface area contributed by atoms with Crippen molar-refractivity contribution in [3.05, 3.63) is 59.4 Å². The molecule has 4 heteroatoms. The fourth-order valence-corrected chi connectivity index (χ4v) is 2.21. The number of hydrogen-bond donors (Lipinski definition) is 0. The summed E-state index contributed by atoms with van der Waals surface area (Å²) in [6, 6.07) is 11.4. The zero-order chi connectivity index (χ0) is 14.1. The number of carbonyl (C=O) groups is 1. The van der Waals surface area contributed by atoms with Crippen LogP contribution in [-0.4, -0.2) is 18.5 Å². The van der Waals surface area contributed by atoms with Crippen molar-refractivity contribution in [3.8, 4) is 11.5 Å². The summed E-state index contributed by atoms with van der Waals surface area (Å²) in [6.07, 6.45) is -0.744. The number of ketones is 1. The average molecular weight is 272 g/mol. The lowest BCUT2D eigenvalue weighted by atomic mass is 10.0. The molecule has 0 N–H and O–H groups in total. The number of hydrogen-bond acceptors (Lipinski definition) is 3. The number of Topliss-reactive ketones (excluding diaryl/α,β-unsaturated/α-hetero) is 1. The second-order valence-electron chi connectivity index (χ2n) is 4.75. The maximum atomic E-state index is 13.4. The Morgan fingerprint density at radius 2 is 1.95 bits per heavy atom. The summed E-state index contributed by atoms with van der Waals surface area (Å²) in [4.78, 5) is 12.3. The lowest BCUT2D eigenvalue weighted by Gasteiger charge is -2.25. The van der Waals surface area contributed by atoms with Gasteiger partial charge in [-0.1, -0.05) is 12.1 Å². The van der Waals surface area contributed by atoms with Crippen LogP contribution in [0.15, 0.2) is 42.5 Å². The van der Waals surface area contributed by atoms with Gasteiger partial charge in [0.15, 0.2) is 17.6 Å². The SMILES string of the molecule is Cc1cc(F)cc(C(=O)C2COc3ccccc3O2)c1. The fraction of sp³-hybridized carbons (Fsp3) is 0.188. The fourth-order valence-electron chi connectivity index (χ4n) is 2.21. The van der Waals surface area contributed by atoms with E-state index in [0.29, 0.717) is 22.6 Å². The Labute approximate surface area is 115 Å². The minimum Gasteiger partial charge on any atom is -0.485 e. The Balaban J connectivity index is 1.86. The second kappa shape index (κ2) is 4.96.